The molecule has 13 aromatic rings. The van der Waals surface area contributed by atoms with Crippen molar-refractivity contribution in [2.24, 2.45) is 0 Å². The molecule has 0 aliphatic rings. The lowest BCUT2D eigenvalue weighted by molar-refractivity contribution is 0.539. The van der Waals surface area contributed by atoms with Gasteiger partial charge >= 0.3 is 0 Å². The first-order chi connectivity index (χ1) is 37.7. The molecule has 0 aliphatic carbocycles. The molecule has 382 valence electrons. The van der Waals surface area contributed by atoms with Gasteiger partial charge in [0.15, 0.2) is 0 Å². The summed E-state index contributed by atoms with van der Waals surface area (Å²) in [4.78, 5) is 25.8. The highest BCUT2D eigenvalue weighted by molar-refractivity contribution is 6.09. The Morgan fingerprint density at radius 1 is 0.372 bits per heavy atom. The Morgan fingerprint density at radius 2 is 0.897 bits per heavy atom. The van der Waals surface area contributed by atoms with E-state index >= 15 is 0 Å². The van der Waals surface area contributed by atoms with Gasteiger partial charge in [-0.1, -0.05) is 175 Å². The van der Waals surface area contributed by atoms with Crippen LogP contribution in [0.2, 0.25) is 0 Å². The van der Waals surface area contributed by atoms with Crippen LogP contribution in [0.4, 0.5) is 0 Å². The van der Waals surface area contributed by atoms with Gasteiger partial charge in [0.25, 0.3) is 0 Å². The van der Waals surface area contributed by atoms with E-state index in [2.05, 4.69) is 253 Å². The summed E-state index contributed by atoms with van der Waals surface area (Å²) < 4.78 is 4.36. The maximum Gasteiger partial charge on any atom is 0.147 e. The second-order valence-corrected chi connectivity index (χ2v) is 23.5. The Morgan fingerprint density at radius 3 is 1.51 bits per heavy atom. The molecule has 0 atom stereocenters. The Balaban J connectivity index is 0.914. The number of aromatic nitrogens is 7. The third-order valence-corrected chi connectivity index (χ3v) is 15.5. The number of pyridine rings is 1. The molecular formula is C71H63N7. The first-order valence-electron chi connectivity index (χ1n) is 27.5. The molecule has 7 heteroatoms. The number of nitrogens with zero attached hydrogens (tertiary/aromatic N) is 7. The zero-order valence-electron chi connectivity index (χ0n) is 45.9. The minimum absolute atomic E-state index is 0.154. The van der Waals surface area contributed by atoms with Gasteiger partial charge < -0.3 is 0 Å². The number of imidazole rings is 2. The van der Waals surface area contributed by atoms with Gasteiger partial charge in [-0.2, -0.15) is 0 Å². The third kappa shape index (κ3) is 9.07. The van der Waals surface area contributed by atoms with Crippen LogP contribution in [0.15, 0.2) is 188 Å². The van der Waals surface area contributed by atoms with Gasteiger partial charge in [-0.15, -0.1) is 0 Å². The molecule has 8 aromatic carbocycles. The number of rotatable bonds is 10. The molecule has 7 nitrogen and oxygen atoms in total. The molecule has 0 aliphatic heterocycles. The molecule has 0 bridgehead atoms. The lowest BCUT2D eigenvalue weighted by Gasteiger charge is -2.20. The predicted molar refractivity (Wildman–Crippen MR) is 324 cm³/mol. The fourth-order valence-corrected chi connectivity index (χ4v) is 11.7. The Kier molecular flexibility index (Phi) is 11.9. The van der Waals surface area contributed by atoms with Crippen molar-refractivity contribution in [2.75, 3.05) is 0 Å². The van der Waals surface area contributed by atoms with Gasteiger partial charge in [0.05, 0.1) is 28.1 Å². The Bertz CT molecular complexity index is 4330. The van der Waals surface area contributed by atoms with E-state index in [0.29, 0.717) is 0 Å². The van der Waals surface area contributed by atoms with Crippen LogP contribution >= 0.6 is 0 Å². The summed E-state index contributed by atoms with van der Waals surface area (Å²) in [6, 6.07) is 62.7. The van der Waals surface area contributed by atoms with Gasteiger partial charge in [-0.05, 0) is 148 Å². The number of hydrogen-bond donors (Lipinski definition) is 0. The SMILES string of the molecule is Cc1cn2c(C(C)(C)C)nc3cc(CCc4cc(CCc5ccc6c(c5)nc(C(C)(C)C)n5cc(C)nc65)cc(-c5ccccc5-c5cnc(-c6ccccc6)cc5-c5ccc6c(ccc7ccccc76)c5)c4)ccc3c2n1. The normalized spacial score (nSPS) is 12.3. The molecule has 0 radical (unpaired) electrons. The van der Waals surface area contributed by atoms with Crippen molar-refractivity contribution in [3.05, 3.63) is 234 Å². The fraction of sp³-hybridized carbons (Fsp3) is 0.197. The minimum Gasteiger partial charge on any atom is -0.287 e. The quantitative estimate of drug-likeness (QED) is 0.128. The first kappa shape index (κ1) is 48.8. The summed E-state index contributed by atoms with van der Waals surface area (Å²) in [7, 11) is 0. The van der Waals surface area contributed by atoms with Crippen LogP contribution in [-0.2, 0) is 36.5 Å². The number of hydrogen-bond acceptors (Lipinski definition) is 5. The van der Waals surface area contributed by atoms with Crippen LogP contribution in [0.25, 0.3) is 99.3 Å². The number of fused-ring (bicyclic) bond motifs is 9. The van der Waals surface area contributed by atoms with E-state index in [-0.39, 0.29) is 10.8 Å². The molecule has 78 heavy (non-hydrogen) atoms. The van der Waals surface area contributed by atoms with Crippen molar-refractivity contribution in [3.8, 4) is 44.6 Å². The average Bonchev–Trinajstić information content (AvgIpc) is 4.20. The van der Waals surface area contributed by atoms with Crippen LogP contribution in [0.5, 0.6) is 0 Å². The lowest BCUT2D eigenvalue weighted by Crippen LogP contribution is -2.18. The summed E-state index contributed by atoms with van der Waals surface area (Å²) in [5, 5.41) is 7.12. The van der Waals surface area contributed by atoms with Gasteiger partial charge in [-0.25, -0.2) is 19.9 Å². The molecule has 0 unspecified atom stereocenters. The summed E-state index contributed by atoms with van der Waals surface area (Å²) in [5.41, 5.74) is 19.6. The molecule has 0 spiro atoms. The second-order valence-electron chi connectivity index (χ2n) is 23.5. The molecule has 0 saturated heterocycles. The topological polar surface area (TPSA) is 73.3 Å². The summed E-state index contributed by atoms with van der Waals surface area (Å²) in [6.07, 6.45) is 9.79. The monoisotopic (exact) mass is 1010 g/mol. The zero-order chi connectivity index (χ0) is 53.5. The van der Waals surface area contributed by atoms with Crippen molar-refractivity contribution in [3.63, 3.8) is 0 Å². The van der Waals surface area contributed by atoms with Crippen molar-refractivity contribution in [1.29, 1.82) is 0 Å². The van der Waals surface area contributed by atoms with E-state index in [0.717, 1.165) is 115 Å². The van der Waals surface area contributed by atoms with E-state index in [1.54, 1.807) is 0 Å². The Hall–Kier alpha value is -8.81. The lowest BCUT2D eigenvalue weighted by atomic mass is 9.87. The van der Waals surface area contributed by atoms with Crippen LogP contribution in [0.1, 0.15) is 86.8 Å². The van der Waals surface area contributed by atoms with E-state index < -0.39 is 0 Å². The maximum atomic E-state index is 5.30. The standard InChI is InChI=1S/C71H63N7/c1-44-42-77-66(73-44)59-31-26-46(37-64(59)75-68(77)70(3,4)5)22-24-48-34-49(25-23-47-27-32-60-65(38-47)76-69(71(6,7)8)78-43-45(2)74-67(60)78)36-54(35-48)56-20-14-15-21-58(56)62-41-72-63(51-17-10-9-11-18-51)40-61(62)53-30-33-57-52(39-53)29-28-50-16-12-13-19-55(50)57/h9-21,26-43H,22-25H2,1-8H3. The highest BCUT2D eigenvalue weighted by atomic mass is 15.1. The molecule has 0 amide bonds. The van der Waals surface area contributed by atoms with Crippen LogP contribution in [-0.4, -0.2) is 33.7 Å². The van der Waals surface area contributed by atoms with Gasteiger partial charge in [0.1, 0.15) is 22.9 Å². The van der Waals surface area contributed by atoms with E-state index in [4.69, 9.17) is 24.9 Å². The summed E-state index contributed by atoms with van der Waals surface area (Å²) in [6.45, 7) is 17.5. The first-order valence-corrected chi connectivity index (χ1v) is 27.5. The second kappa shape index (κ2) is 19.0. The van der Waals surface area contributed by atoms with Crippen molar-refractivity contribution in [1.82, 2.24) is 33.7 Å². The highest BCUT2D eigenvalue weighted by Crippen LogP contribution is 2.42. The van der Waals surface area contributed by atoms with Gasteiger partial charge in [0, 0.05) is 51.3 Å². The largest absolute Gasteiger partial charge is 0.287 e. The van der Waals surface area contributed by atoms with E-state index in [1.807, 2.05) is 0 Å². The molecule has 13 rings (SSSR count). The van der Waals surface area contributed by atoms with Crippen molar-refractivity contribution < 1.29 is 0 Å². The molecule has 5 heterocycles. The highest BCUT2D eigenvalue weighted by Gasteiger charge is 2.24. The van der Waals surface area contributed by atoms with Crippen LogP contribution in [0, 0.1) is 13.8 Å². The van der Waals surface area contributed by atoms with Gasteiger partial charge in [0.2, 0.25) is 0 Å². The minimum atomic E-state index is -0.154. The van der Waals surface area contributed by atoms with E-state index in [9.17, 15) is 0 Å². The molecule has 5 aromatic heterocycles. The van der Waals surface area contributed by atoms with Crippen molar-refractivity contribution in [2.45, 2.75) is 91.9 Å². The zero-order valence-corrected chi connectivity index (χ0v) is 45.9. The smallest absolute Gasteiger partial charge is 0.147 e. The van der Waals surface area contributed by atoms with Crippen LogP contribution < -0.4 is 0 Å². The molecule has 0 saturated carbocycles. The third-order valence-electron chi connectivity index (χ3n) is 15.5. The van der Waals surface area contributed by atoms with Crippen molar-refractivity contribution >= 4 is 54.6 Å². The number of aryl methyl sites for hydroxylation is 6. The fourth-order valence-electron chi connectivity index (χ4n) is 11.7. The summed E-state index contributed by atoms with van der Waals surface area (Å²) in [5.74, 6) is 2.03. The number of benzene rings is 8. The van der Waals surface area contributed by atoms with Gasteiger partial charge in [-0.3, -0.25) is 13.8 Å². The maximum absolute atomic E-state index is 5.30. The molecular weight excluding hydrogens is 951 g/mol. The average molecular weight is 1010 g/mol. The molecule has 0 fully saturated rings. The Labute approximate surface area is 456 Å². The molecule has 0 N–H and O–H groups in total. The van der Waals surface area contributed by atoms with E-state index in [1.165, 1.54) is 54.9 Å². The van der Waals surface area contributed by atoms with Crippen LogP contribution in [0.3, 0.4) is 0 Å². The predicted octanol–water partition coefficient (Wildman–Crippen LogP) is 17.2. The summed E-state index contributed by atoms with van der Waals surface area (Å²) >= 11 is 0.